The molecule has 108 valence electrons. The fourth-order valence-corrected chi connectivity index (χ4v) is 2.96. The predicted octanol–water partition coefficient (Wildman–Crippen LogP) is 2.61. The fraction of sp³-hybridized carbons (Fsp3) is 0.467. The first-order valence-electron chi connectivity index (χ1n) is 6.72. The number of aryl methyl sites for hydroxylation is 2. The molecule has 4 nitrogen and oxygen atoms in total. The number of anilines is 1. The first-order chi connectivity index (χ1) is 9.47. The van der Waals surface area contributed by atoms with Crippen molar-refractivity contribution in [1.29, 1.82) is 0 Å². The highest BCUT2D eigenvalue weighted by Crippen LogP contribution is 2.40. The molecule has 5 heteroatoms. The Balaban J connectivity index is 2.49. The average Bonchev–Trinajstić information content (AvgIpc) is 2.66. The number of hydrogen-bond acceptors (Lipinski definition) is 2. The van der Waals surface area contributed by atoms with Gasteiger partial charge in [-0.3, -0.25) is 9.59 Å². The number of amides is 2. The standard InChI is InChI=1S/C15H19BrN2O2/c1-9-5-6-10(2)14-12(9)13(17-11(3)19)15(20)18(14)8-4-7-16/h5-6,13H,4,7-8H2,1-3H3,(H,17,19). The van der Waals surface area contributed by atoms with Gasteiger partial charge in [-0.1, -0.05) is 28.1 Å². The van der Waals surface area contributed by atoms with E-state index in [1.165, 1.54) is 6.92 Å². The number of carbonyl (C=O) groups is 2. The van der Waals surface area contributed by atoms with Gasteiger partial charge < -0.3 is 10.2 Å². The van der Waals surface area contributed by atoms with Crippen molar-refractivity contribution in [2.24, 2.45) is 0 Å². The van der Waals surface area contributed by atoms with Crippen molar-refractivity contribution in [1.82, 2.24) is 5.32 Å². The molecule has 1 aliphatic rings. The topological polar surface area (TPSA) is 49.4 Å². The molecule has 0 bridgehead atoms. The number of rotatable bonds is 4. The maximum atomic E-state index is 12.6. The molecular formula is C15H19BrN2O2. The Morgan fingerprint density at radius 1 is 1.35 bits per heavy atom. The molecule has 1 atom stereocenters. The molecule has 1 unspecified atom stereocenters. The highest BCUT2D eigenvalue weighted by atomic mass is 79.9. The molecule has 0 saturated carbocycles. The van der Waals surface area contributed by atoms with Crippen LogP contribution in [0.15, 0.2) is 12.1 Å². The maximum absolute atomic E-state index is 12.6. The number of alkyl halides is 1. The molecule has 1 N–H and O–H groups in total. The summed E-state index contributed by atoms with van der Waals surface area (Å²) < 4.78 is 0. The summed E-state index contributed by atoms with van der Waals surface area (Å²) in [5, 5.41) is 3.63. The number of benzene rings is 1. The van der Waals surface area contributed by atoms with Gasteiger partial charge >= 0.3 is 0 Å². The Kier molecular flexibility index (Phi) is 4.48. The van der Waals surface area contributed by atoms with Crippen LogP contribution in [0, 0.1) is 13.8 Å². The summed E-state index contributed by atoms with van der Waals surface area (Å²) in [5.74, 6) is -0.217. The van der Waals surface area contributed by atoms with Crippen LogP contribution < -0.4 is 10.2 Å². The van der Waals surface area contributed by atoms with E-state index in [0.717, 1.165) is 34.1 Å². The quantitative estimate of drug-likeness (QED) is 0.858. The molecule has 0 saturated heterocycles. The van der Waals surface area contributed by atoms with Gasteiger partial charge in [0.05, 0.1) is 5.69 Å². The van der Waals surface area contributed by atoms with Crippen molar-refractivity contribution in [2.45, 2.75) is 33.2 Å². The third-order valence-electron chi connectivity index (χ3n) is 3.57. The van der Waals surface area contributed by atoms with Gasteiger partial charge in [-0.05, 0) is 31.4 Å². The van der Waals surface area contributed by atoms with Crippen LogP contribution in [0.5, 0.6) is 0 Å². The third kappa shape index (κ3) is 2.59. The lowest BCUT2D eigenvalue weighted by Gasteiger charge is -2.19. The summed E-state index contributed by atoms with van der Waals surface area (Å²) in [6, 6.07) is 3.49. The monoisotopic (exact) mass is 338 g/mol. The highest BCUT2D eigenvalue weighted by molar-refractivity contribution is 9.09. The summed E-state index contributed by atoms with van der Waals surface area (Å²) in [7, 11) is 0. The van der Waals surface area contributed by atoms with E-state index < -0.39 is 6.04 Å². The molecule has 1 aromatic carbocycles. The molecule has 0 spiro atoms. The van der Waals surface area contributed by atoms with Crippen LogP contribution in [0.1, 0.15) is 36.1 Å². The van der Waals surface area contributed by atoms with E-state index >= 15 is 0 Å². The molecule has 2 rings (SSSR count). The lowest BCUT2D eigenvalue weighted by Crippen LogP contribution is -2.37. The molecule has 2 amide bonds. The first kappa shape index (κ1) is 15.0. The van der Waals surface area contributed by atoms with Gasteiger partial charge in [0.1, 0.15) is 6.04 Å². The van der Waals surface area contributed by atoms with Gasteiger partial charge in [-0.15, -0.1) is 0 Å². The molecule has 0 aromatic heterocycles. The number of nitrogens with zero attached hydrogens (tertiary/aromatic N) is 1. The minimum Gasteiger partial charge on any atom is -0.341 e. The lowest BCUT2D eigenvalue weighted by atomic mass is 9.99. The van der Waals surface area contributed by atoms with Gasteiger partial charge in [-0.2, -0.15) is 0 Å². The normalized spacial score (nSPS) is 17.3. The smallest absolute Gasteiger partial charge is 0.254 e. The second-order valence-electron chi connectivity index (χ2n) is 5.13. The second-order valence-corrected chi connectivity index (χ2v) is 5.92. The van der Waals surface area contributed by atoms with Crippen molar-refractivity contribution in [3.63, 3.8) is 0 Å². The average molecular weight is 339 g/mol. The molecule has 1 aromatic rings. The Hall–Kier alpha value is -1.36. The molecule has 0 fully saturated rings. The van der Waals surface area contributed by atoms with E-state index in [1.54, 1.807) is 4.90 Å². The van der Waals surface area contributed by atoms with Crippen LogP contribution in [0.2, 0.25) is 0 Å². The van der Waals surface area contributed by atoms with Crippen LogP contribution in [0.4, 0.5) is 5.69 Å². The first-order valence-corrected chi connectivity index (χ1v) is 7.84. The van der Waals surface area contributed by atoms with Crippen LogP contribution in [0.25, 0.3) is 0 Å². The van der Waals surface area contributed by atoms with Crippen LogP contribution in [-0.2, 0) is 9.59 Å². The largest absolute Gasteiger partial charge is 0.341 e. The van der Waals surface area contributed by atoms with Crippen LogP contribution >= 0.6 is 15.9 Å². The fourth-order valence-electron chi connectivity index (χ4n) is 2.71. The van der Waals surface area contributed by atoms with Gasteiger partial charge in [0, 0.05) is 24.4 Å². The Morgan fingerprint density at radius 3 is 2.60 bits per heavy atom. The summed E-state index contributed by atoms with van der Waals surface area (Å²) in [6.45, 7) is 6.09. The van der Waals surface area contributed by atoms with Gasteiger partial charge in [0.25, 0.3) is 5.91 Å². The number of nitrogens with one attached hydrogen (secondary N) is 1. The van der Waals surface area contributed by atoms with Crippen molar-refractivity contribution in [3.05, 3.63) is 28.8 Å². The molecular weight excluding hydrogens is 320 g/mol. The van der Waals surface area contributed by atoms with E-state index in [0.29, 0.717) is 6.54 Å². The molecule has 0 radical (unpaired) electrons. The summed E-state index contributed by atoms with van der Waals surface area (Å²) in [6.07, 6.45) is 0.880. The van der Waals surface area contributed by atoms with Crippen LogP contribution in [0.3, 0.4) is 0 Å². The summed E-state index contributed by atoms with van der Waals surface area (Å²) in [4.78, 5) is 25.8. The van der Waals surface area contributed by atoms with Crippen molar-refractivity contribution in [3.8, 4) is 0 Å². The number of carbonyl (C=O) groups excluding carboxylic acids is 2. The molecule has 20 heavy (non-hydrogen) atoms. The van der Waals surface area contributed by atoms with Gasteiger partial charge in [0.2, 0.25) is 5.91 Å². The number of hydrogen-bond donors (Lipinski definition) is 1. The molecule has 0 aliphatic carbocycles. The maximum Gasteiger partial charge on any atom is 0.254 e. The zero-order valence-electron chi connectivity index (χ0n) is 12.0. The minimum atomic E-state index is -0.544. The van der Waals surface area contributed by atoms with Crippen LogP contribution in [-0.4, -0.2) is 23.7 Å². The Labute approximate surface area is 127 Å². The minimum absolute atomic E-state index is 0.0337. The van der Waals surface area contributed by atoms with E-state index in [-0.39, 0.29) is 11.8 Å². The lowest BCUT2D eigenvalue weighted by molar-refractivity contribution is -0.126. The third-order valence-corrected chi connectivity index (χ3v) is 4.13. The zero-order valence-corrected chi connectivity index (χ0v) is 13.6. The zero-order chi connectivity index (χ0) is 14.9. The van der Waals surface area contributed by atoms with Crippen molar-refractivity contribution >= 4 is 33.4 Å². The van der Waals surface area contributed by atoms with Gasteiger partial charge in [0.15, 0.2) is 0 Å². The van der Waals surface area contributed by atoms with E-state index in [2.05, 4.69) is 21.2 Å². The Morgan fingerprint density at radius 2 is 2.00 bits per heavy atom. The second kappa shape index (κ2) is 5.95. The van der Waals surface area contributed by atoms with Crippen molar-refractivity contribution in [2.75, 3.05) is 16.8 Å². The summed E-state index contributed by atoms with van der Waals surface area (Å²) >= 11 is 3.40. The highest BCUT2D eigenvalue weighted by Gasteiger charge is 2.39. The number of fused-ring (bicyclic) bond motifs is 1. The Bertz CT molecular complexity index is 557. The predicted molar refractivity (Wildman–Crippen MR) is 83.2 cm³/mol. The summed E-state index contributed by atoms with van der Waals surface area (Å²) in [5.41, 5.74) is 4.02. The van der Waals surface area contributed by atoms with Gasteiger partial charge in [-0.25, -0.2) is 0 Å². The van der Waals surface area contributed by atoms with Crippen molar-refractivity contribution < 1.29 is 9.59 Å². The van der Waals surface area contributed by atoms with E-state index in [4.69, 9.17) is 0 Å². The molecule has 1 heterocycles. The van der Waals surface area contributed by atoms with E-state index in [9.17, 15) is 9.59 Å². The van der Waals surface area contributed by atoms with E-state index in [1.807, 2.05) is 26.0 Å². The number of halogens is 1. The SMILES string of the molecule is CC(=O)NC1C(=O)N(CCCBr)c2c(C)ccc(C)c21. The molecule has 1 aliphatic heterocycles.